The van der Waals surface area contributed by atoms with Gasteiger partial charge in [-0.15, -0.1) is 0 Å². The van der Waals surface area contributed by atoms with Crippen LogP contribution >= 0.6 is 31.9 Å². The summed E-state index contributed by atoms with van der Waals surface area (Å²) in [5.74, 6) is 0. The Bertz CT molecular complexity index is 281. The van der Waals surface area contributed by atoms with E-state index in [9.17, 15) is 4.79 Å². The Labute approximate surface area is 73.5 Å². The molecule has 0 aliphatic rings. The molecule has 0 amide bonds. The molecule has 0 aliphatic heterocycles. The molecule has 5 heteroatoms. The third kappa shape index (κ3) is 1.41. The predicted molar refractivity (Wildman–Crippen MR) is 43.3 cm³/mol. The van der Waals surface area contributed by atoms with Crippen molar-refractivity contribution in [3.63, 3.8) is 0 Å². The average molecular weight is 269 g/mol. The van der Waals surface area contributed by atoms with Crippen molar-refractivity contribution in [1.29, 1.82) is 0 Å². The van der Waals surface area contributed by atoms with Crippen LogP contribution in [0.1, 0.15) is 0 Å². The van der Waals surface area contributed by atoms with E-state index in [1.165, 1.54) is 6.20 Å². The van der Waals surface area contributed by atoms with E-state index in [-0.39, 0.29) is 0 Å². The van der Waals surface area contributed by atoms with E-state index in [1.807, 2.05) is 0 Å². The SMILES string of the molecule is O=c1c(Br)cc(Br)cn1O. The fourth-order valence-electron chi connectivity index (χ4n) is 0.505. The molecule has 0 saturated heterocycles. The Morgan fingerprint density at radius 3 is 2.60 bits per heavy atom. The Kier molecular flexibility index (Phi) is 2.15. The maximum Gasteiger partial charge on any atom is 0.297 e. The largest absolute Gasteiger partial charge is 0.425 e. The van der Waals surface area contributed by atoms with Crippen LogP contribution in [0.2, 0.25) is 0 Å². The second kappa shape index (κ2) is 2.75. The molecule has 0 aromatic carbocycles. The Morgan fingerprint density at radius 1 is 1.50 bits per heavy atom. The van der Waals surface area contributed by atoms with E-state index < -0.39 is 5.56 Å². The lowest BCUT2D eigenvalue weighted by Gasteiger charge is -1.96. The number of nitrogens with zero attached hydrogens (tertiary/aromatic N) is 1. The Balaban J connectivity index is 3.46. The van der Waals surface area contributed by atoms with Crippen molar-refractivity contribution in [3.05, 3.63) is 31.6 Å². The van der Waals surface area contributed by atoms with Crippen molar-refractivity contribution in [2.24, 2.45) is 0 Å². The first-order chi connectivity index (χ1) is 4.61. The second-order valence-electron chi connectivity index (χ2n) is 1.66. The normalized spacial score (nSPS) is 9.80. The van der Waals surface area contributed by atoms with Gasteiger partial charge in [-0.1, -0.05) is 0 Å². The lowest BCUT2D eigenvalue weighted by atomic mass is 10.5. The van der Waals surface area contributed by atoms with Crippen LogP contribution in [0.15, 0.2) is 26.0 Å². The van der Waals surface area contributed by atoms with Crippen molar-refractivity contribution in [1.82, 2.24) is 4.73 Å². The number of hydrogen-bond donors (Lipinski definition) is 1. The number of halogens is 2. The second-order valence-corrected chi connectivity index (χ2v) is 3.43. The highest BCUT2D eigenvalue weighted by Crippen LogP contribution is 2.11. The fourth-order valence-corrected chi connectivity index (χ4v) is 1.66. The molecule has 1 N–H and O–H groups in total. The van der Waals surface area contributed by atoms with Crippen LogP contribution in [0.3, 0.4) is 0 Å². The molecule has 1 rings (SSSR count). The molecule has 0 atom stereocenters. The highest BCUT2D eigenvalue weighted by atomic mass is 79.9. The molecule has 10 heavy (non-hydrogen) atoms. The van der Waals surface area contributed by atoms with Gasteiger partial charge >= 0.3 is 0 Å². The fraction of sp³-hybridized carbons (Fsp3) is 0. The molecule has 0 bridgehead atoms. The van der Waals surface area contributed by atoms with Gasteiger partial charge in [0.05, 0.1) is 10.7 Å². The van der Waals surface area contributed by atoms with Gasteiger partial charge in [-0.3, -0.25) is 4.79 Å². The van der Waals surface area contributed by atoms with Crippen LogP contribution in [0.25, 0.3) is 0 Å². The zero-order valence-electron chi connectivity index (χ0n) is 4.71. The maximum absolute atomic E-state index is 10.8. The first kappa shape index (κ1) is 7.81. The minimum absolute atomic E-state index is 0.323. The van der Waals surface area contributed by atoms with Crippen molar-refractivity contribution < 1.29 is 5.21 Å². The van der Waals surface area contributed by atoms with Gasteiger partial charge in [0.15, 0.2) is 0 Å². The van der Waals surface area contributed by atoms with Crippen molar-refractivity contribution in [2.75, 3.05) is 0 Å². The molecule has 0 spiro atoms. The van der Waals surface area contributed by atoms with E-state index in [0.717, 1.165) is 0 Å². The maximum atomic E-state index is 10.8. The summed E-state index contributed by atoms with van der Waals surface area (Å²) in [4.78, 5) is 10.8. The predicted octanol–water partition coefficient (Wildman–Crippen LogP) is 1.61. The van der Waals surface area contributed by atoms with E-state index in [0.29, 0.717) is 13.7 Å². The Morgan fingerprint density at radius 2 is 2.10 bits per heavy atom. The lowest BCUT2D eigenvalue weighted by molar-refractivity contribution is 0.173. The molecule has 0 fully saturated rings. The zero-order chi connectivity index (χ0) is 7.72. The van der Waals surface area contributed by atoms with Gasteiger partial charge in [0.2, 0.25) is 0 Å². The molecule has 0 aliphatic carbocycles. The summed E-state index contributed by atoms with van der Waals surface area (Å²) < 4.78 is 1.47. The van der Waals surface area contributed by atoms with Gasteiger partial charge in [0, 0.05) is 4.47 Å². The van der Waals surface area contributed by atoms with Crippen LogP contribution in [0, 0.1) is 0 Å². The minimum Gasteiger partial charge on any atom is -0.425 e. The summed E-state index contributed by atoms with van der Waals surface area (Å²) in [6, 6.07) is 1.56. The van der Waals surface area contributed by atoms with Gasteiger partial charge in [0.1, 0.15) is 0 Å². The number of aromatic nitrogens is 1. The molecule has 1 heterocycles. The molecule has 0 unspecified atom stereocenters. The molecule has 3 nitrogen and oxygen atoms in total. The van der Waals surface area contributed by atoms with Crippen LogP contribution < -0.4 is 5.56 Å². The summed E-state index contributed by atoms with van der Waals surface area (Å²) in [7, 11) is 0. The molecule has 1 aromatic heterocycles. The zero-order valence-corrected chi connectivity index (χ0v) is 7.89. The van der Waals surface area contributed by atoms with Crippen LogP contribution in [0.4, 0.5) is 0 Å². The molecule has 0 saturated carbocycles. The van der Waals surface area contributed by atoms with Crippen LogP contribution in [0.5, 0.6) is 0 Å². The van der Waals surface area contributed by atoms with Gasteiger partial charge in [-0.25, -0.2) is 0 Å². The number of rotatable bonds is 0. The van der Waals surface area contributed by atoms with Crippen LogP contribution in [-0.4, -0.2) is 9.94 Å². The third-order valence-corrected chi connectivity index (χ3v) is 1.92. The smallest absolute Gasteiger partial charge is 0.297 e. The molecular formula is C5H3Br2NO2. The van der Waals surface area contributed by atoms with E-state index in [2.05, 4.69) is 31.9 Å². The number of pyridine rings is 1. The van der Waals surface area contributed by atoms with Crippen LogP contribution in [-0.2, 0) is 0 Å². The lowest BCUT2D eigenvalue weighted by Crippen LogP contribution is -2.16. The van der Waals surface area contributed by atoms with Gasteiger partial charge in [-0.2, -0.15) is 4.73 Å². The summed E-state index contributed by atoms with van der Waals surface area (Å²) in [5, 5.41) is 8.83. The summed E-state index contributed by atoms with van der Waals surface area (Å²) in [6.07, 6.45) is 1.27. The highest BCUT2D eigenvalue weighted by Gasteiger charge is 1.99. The first-order valence-corrected chi connectivity index (χ1v) is 3.97. The number of hydrogen-bond acceptors (Lipinski definition) is 2. The summed E-state index contributed by atoms with van der Waals surface area (Å²) >= 11 is 6.07. The average Bonchev–Trinajstić information content (AvgIpc) is 1.82. The van der Waals surface area contributed by atoms with E-state index in [1.54, 1.807) is 6.07 Å². The van der Waals surface area contributed by atoms with E-state index in [4.69, 9.17) is 5.21 Å². The first-order valence-electron chi connectivity index (χ1n) is 2.38. The summed E-state index contributed by atoms with van der Waals surface area (Å²) in [5.41, 5.74) is -0.469. The molecule has 1 aromatic rings. The quantitative estimate of drug-likeness (QED) is 0.727. The molecule has 54 valence electrons. The van der Waals surface area contributed by atoms with Crippen molar-refractivity contribution >= 4 is 31.9 Å². The third-order valence-electron chi connectivity index (χ3n) is 0.923. The van der Waals surface area contributed by atoms with Gasteiger partial charge < -0.3 is 5.21 Å². The van der Waals surface area contributed by atoms with Crippen molar-refractivity contribution in [3.8, 4) is 0 Å². The standard InChI is InChI=1S/C5H3Br2NO2/c6-3-1-4(7)5(9)8(10)2-3/h1-2,10H. The minimum atomic E-state index is -0.469. The highest BCUT2D eigenvalue weighted by molar-refractivity contribution is 9.11. The molecule has 0 radical (unpaired) electrons. The van der Waals surface area contributed by atoms with Crippen molar-refractivity contribution in [2.45, 2.75) is 0 Å². The van der Waals surface area contributed by atoms with Gasteiger partial charge in [-0.05, 0) is 37.9 Å². The molecular weight excluding hydrogens is 266 g/mol. The monoisotopic (exact) mass is 267 g/mol. The van der Waals surface area contributed by atoms with E-state index >= 15 is 0 Å². The Hall–Kier alpha value is -0.290. The van der Waals surface area contributed by atoms with Gasteiger partial charge in [0.25, 0.3) is 5.56 Å². The topological polar surface area (TPSA) is 42.2 Å². The summed E-state index contributed by atoms with van der Waals surface area (Å²) in [6.45, 7) is 0.